The third-order valence-electron chi connectivity index (χ3n) is 2.61. The van der Waals surface area contributed by atoms with Crippen molar-refractivity contribution in [3.63, 3.8) is 0 Å². The lowest BCUT2D eigenvalue weighted by Crippen LogP contribution is -2.36. The smallest absolute Gasteiger partial charge is 0.220 e. The second kappa shape index (κ2) is 5.98. The van der Waals surface area contributed by atoms with Crippen molar-refractivity contribution in [1.82, 2.24) is 10.6 Å². The summed E-state index contributed by atoms with van der Waals surface area (Å²) < 4.78 is 5.08. The maximum Gasteiger partial charge on any atom is 0.220 e. The number of nitrogens with one attached hydrogen (secondary N) is 2. The van der Waals surface area contributed by atoms with Crippen LogP contribution in [0.25, 0.3) is 0 Å². The Bertz CT molecular complexity index is 179. The quantitative estimate of drug-likeness (QED) is 0.670. The number of rotatable bonds is 5. The van der Waals surface area contributed by atoms with Crippen molar-refractivity contribution in [3.05, 3.63) is 0 Å². The van der Waals surface area contributed by atoms with Gasteiger partial charge in [0.05, 0.1) is 6.10 Å². The zero-order chi connectivity index (χ0) is 10.4. The van der Waals surface area contributed by atoms with E-state index < -0.39 is 0 Å². The summed E-state index contributed by atoms with van der Waals surface area (Å²) in [6, 6.07) is 0.334. The molecule has 4 heteroatoms. The lowest BCUT2D eigenvalue weighted by atomic mass is 10.2. The Labute approximate surface area is 85.4 Å². The standard InChI is InChI=1S/C10H20N2O2/c1-8(14-2)3-4-10(13)12-9-5-6-11-7-9/h8-9,11H,3-7H2,1-2H3,(H,12,13). The molecule has 0 aromatic heterocycles. The van der Waals surface area contributed by atoms with E-state index in [1.807, 2.05) is 6.92 Å². The Hall–Kier alpha value is -0.610. The molecule has 0 aromatic rings. The molecule has 82 valence electrons. The van der Waals surface area contributed by atoms with Crippen molar-refractivity contribution in [1.29, 1.82) is 0 Å². The van der Waals surface area contributed by atoms with Gasteiger partial charge in [-0.1, -0.05) is 0 Å². The Balaban J connectivity index is 2.09. The third-order valence-corrected chi connectivity index (χ3v) is 2.61. The molecular weight excluding hydrogens is 180 g/mol. The summed E-state index contributed by atoms with van der Waals surface area (Å²) in [4.78, 5) is 11.4. The van der Waals surface area contributed by atoms with Crippen LogP contribution in [0.5, 0.6) is 0 Å². The maximum atomic E-state index is 11.4. The Kier molecular flexibility index (Phi) is 4.90. The molecule has 14 heavy (non-hydrogen) atoms. The summed E-state index contributed by atoms with van der Waals surface area (Å²) in [6.07, 6.45) is 2.57. The summed E-state index contributed by atoms with van der Waals surface area (Å²) >= 11 is 0. The van der Waals surface area contributed by atoms with Crippen LogP contribution in [0, 0.1) is 0 Å². The van der Waals surface area contributed by atoms with Gasteiger partial charge in [0.1, 0.15) is 0 Å². The highest BCUT2D eigenvalue weighted by atomic mass is 16.5. The molecule has 1 saturated heterocycles. The molecule has 0 aliphatic carbocycles. The molecule has 1 fully saturated rings. The van der Waals surface area contributed by atoms with Crippen LogP contribution in [0.4, 0.5) is 0 Å². The van der Waals surface area contributed by atoms with Gasteiger partial charge in [-0.25, -0.2) is 0 Å². The first-order valence-electron chi connectivity index (χ1n) is 5.25. The van der Waals surface area contributed by atoms with Gasteiger partial charge in [0, 0.05) is 26.1 Å². The molecule has 4 nitrogen and oxygen atoms in total. The van der Waals surface area contributed by atoms with Gasteiger partial charge in [-0.2, -0.15) is 0 Å². The average Bonchev–Trinajstić information content (AvgIpc) is 2.66. The summed E-state index contributed by atoms with van der Waals surface area (Å²) in [6.45, 7) is 3.90. The predicted octanol–water partition coefficient (Wildman–Crippen LogP) is 0.280. The number of methoxy groups -OCH3 is 1. The normalized spacial score (nSPS) is 23.4. The van der Waals surface area contributed by atoms with Gasteiger partial charge in [0.2, 0.25) is 5.91 Å². The van der Waals surface area contributed by atoms with E-state index in [4.69, 9.17) is 4.74 Å². The van der Waals surface area contributed by atoms with E-state index in [0.717, 1.165) is 25.9 Å². The first-order chi connectivity index (χ1) is 6.72. The predicted molar refractivity (Wildman–Crippen MR) is 55.1 cm³/mol. The van der Waals surface area contributed by atoms with Crippen LogP contribution < -0.4 is 10.6 Å². The molecule has 2 N–H and O–H groups in total. The molecule has 0 spiro atoms. The first-order valence-corrected chi connectivity index (χ1v) is 5.25. The average molecular weight is 200 g/mol. The highest BCUT2D eigenvalue weighted by molar-refractivity contribution is 5.76. The molecule has 0 saturated carbocycles. The number of amides is 1. The molecule has 1 aliphatic rings. The third kappa shape index (κ3) is 4.07. The second-order valence-corrected chi connectivity index (χ2v) is 3.84. The largest absolute Gasteiger partial charge is 0.382 e. The fraction of sp³-hybridized carbons (Fsp3) is 0.900. The van der Waals surface area contributed by atoms with Gasteiger partial charge in [0.25, 0.3) is 0 Å². The van der Waals surface area contributed by atoms with Crippen LogP contribution in [0.1, 0.15) is 26.2 Å². The Morgan fingerprint density at radius 1 is 1.71 bits per heavy atom. The molecule has 0 aromatic carbocycles. The lowest BCUT2D eigenvalue weighted by Gasteiger charge is -2.12. The van der Waals surface area contributed by atoms with Gasteiger partial charge in [-0.15, -0.1) is 0 Å². The molecule has 0 radical (unpaired) electrons. The van der Waals surface area contributed by atoms with Crippen molar-refractivity contribution in [3.8, 4) is 0 Å². The number of carbonyl (C=O) groups excluding carboxylic acids is 1. The van der Waals surface area contributed by atoms with Crippen LogP contribution in [0.2, 0.25) is 0 Å². The fourth-order valence-corrected chi connectivity index (χ4v) is 1.53. The lowest BCUT2D eigenvalue weighted by molar-refractivity contribution is -0.122. The van der Waals surface area contributed by atoms with Crippen molar-refractivity contribution < 1.29 is 9.53 Å². The number of hydrogen-bond acceptors (Lipinski definition) is 3. The van der Waals surface area contributed by atoms with E-state index >= 15 is 0 Å². The van der Waals surface area contributed by atoms with Crippen LogP contribution >= 0.6 is 0 Å². The molecule has 1 amide bonds. The monoisotopic (exact) mass is 200 g/mol. The Morgan fingerprint density at radius 3 is 3.07 bits per heavy atom. The van der Waals surface area contributed by atoms with Gasteiger partial charge >= 0.3 is 0 Å². The van der Waals surface area contributed by atoms with Crippen LogP contribution in [0.15, 0.2) is 0 Å². The molecule has 2 atom stereocenters. The minimum Gasteiger partial charge on any atom is -0.382 e. The molecule has 1 aliphatic heterocycles. The van der Waals surface area contributed by atoms with Crippen LogP contribution in [-0.4, -0.2) is 38.3 Å². The van der Waals surface area contributed by atoms with E-state index in [2.05, 4.69) is 10.6 Å². The van der Waals surface area contributed by atoms with Crippen molar-refractivity contribution >= 4 is 5.91 Å². The molecule has 1 rings (SSSR count). The van der Waals surface area contributed by atoms with Crippen molar-refractivity contribution in [2.45, 2.75) is 38.3 Å². The highest BCUT2D eigenvalue weighted by Gasteiger charge is 2.16. The van der Waals surface area contributed by atoms with Crippen molar-refractivity contribution in [2.75, 3.05) is 20.2 Å². The van der Waals surface area contributed by atoms with E-state index in [1.165, 1.54) is 0 Å². The highest BCUT2D eigenvalue weighted by Crippen LogP contribution is 2.02. The summed E-state index contributed by atoms with van der Waals surface area (Å²) in [5.41, 5.74) is 0. The summed E-state index contributed by atoms with van der Waals surface area (Å²) in [5, 5.41) is 6.22. The number of carbonyl (C=O) groups is 1. The molecular formula is C10H20N2O2. The van der Waals surface area contributed by atoms with Crippen LogP contribution in [-0.2, 0) is 9.53 Å². The van der Waals surface area contributed by atoms with Gasteiger partial charge in [-0.3, -0.25) is 4.79 Å². The van der Waals surface area contributed by atoms with Crippen molar-refractivity contribution in [2.24, 2.45) is 0 Å². The minimum absolute atomic E-state index is 0.141. The fourth-order valence-electron chi connectivity index (χ4n) is 1.53. The maximum absolute atomic E-state index is 11.4. The summed E-state index contributed by atoms with van der Waals surface area (Å²) in [7, 11) is 1.67. The van der Waals surface area contributed by atoms with Gasteiger partial charge in [0.15, 0.2) is 0 Å². The summed E-state index contributed by atoms with van der Waals surface area (Å²) in [5.74, 6) is 0.141. The number of ether oxygens (including phenoxy) is 1. The zero-order valence-corrected chi connectivity index (χ0v) is 9.01. The van der Waals surface area contributed by atoms with E-state index in [0.29, 0.717) is 12.5 Å². The molecule has 2 unspecified atom stereocenters. The van der Waals surface area contributed by atoms with E-state index in [-0.39, 0.29) is 12.0 Å². The van der Waals surface area contributed by atoms with Gasteiger partial charge in [-0.05, 0) is 26.3 Å². The number of hydrogen-bond donors (Lipinski definition) is 2. The van der Waals surface area contributed by atoms with Gasteiger partial charge < -0.3 is 15.4 Å². The SMILES string of the molecule is COC(C)CCC(=O)NC1CCNC1. The van der Waals surface area contributed by atoms with E-state index in [1.54, 1.807) is 7.11 Å². The topological polar surface area (TPSA) is 50.4 Å². The zero-order valence-electron chi connectivity index (χ0n) is 9.01. The Morgan fingerprint density at radius 2 is 2.50 bits per heavy atom. The first kappa shape index (κ1) is 11.5. The minimum atomic E-state index is 0.141. The molecule has 0 bridgehead atoms. The van der Waals surface area contributed by atoms with E-state index in [9.17, 15) is 4.79 Å². The molecule has 1 heterocycles. The van der Waals surface area contributed by atoms with Crippen LogP contribution in [0.3, 0.4) is 0 Å². The second-order valence-electron chi connectivity index (χ2n) is 3.84.